The van der Waals surface area contributed by atoms with Crippen LogP contribution in [0.3, 0.4) is 0 Å². The fraction of sp³-hybridized carbons (Fsp3) is 0.900. The van der Waals surface area contributed by atoms with Gasteiger partial charge in [-0.25, -0.2) is 4.79 Å². The molecular weight excluding hydrogens is 164 g/mol. The quantitative estimate of drug-likeness (QED) is 0.666. The summed E-state index contributed by atoms with van der Waals surface area (Å²) in [4.78, 5) is 13.3. The molecule has 1 N–H and O–H groups in total. The second-order valence-corrected chi connectivity index (χ2v) is 3.63. The number of carbonyl (C=O) groups is 1. The molecule has 1 aliphatic heterocycles. The Labute approximate surface area is 80.5 Å². The van der Waals surface area contributed by atoms with Crippen LogP contribution in [0, 0.1) is 0 Å². The number of hydrogen-bond donors (Lipinski definition) is 1. The van der Waals surface area contributed by atoms with Gasteiger partial charge < -0.3 is 10.2 Å². The number of nitrogens with zero attached hydrogens (tertiary/aromatic N) is 1. The van der Waals surface area contributed by atoms with Gasteiger partial charge in [0.2, 0.25) is 0 Å². The Hall–Kier alpha value is -0.730. The molecule has 3 nitrogen and oxygen atoms in total. The van der Waals surface area contributed by atoms with Crippen LogP contribution < -0.4 is 5.32 Å². The molecule has 2 amide bonds. The molecular formula is C10H20N2O. The lowest BCUT2D eigenvalue weighted by atomic mass is 10.2. The van der Waals surface area contributed by atoms with Gasteiger partial charge in [-0.2, -0.15) is 0 Å². The summed E-state index contributed by atoms with van der Waals surface area (Å²) in [5.74, 6) is 0. The van der Waals surface area contributed by atoms with E-state index in [0.717, 1.165) is 26.1 Å². The van der Waals surface area contributed by atoms with Gasteiger partial charge in [-0.05, 0) is 19.3 Å². The van der Waals surface area contributed by atoms with Crippen molar-refractivity contribution in [3.05, 3.63) is 0 Å². The normalized spacial score (nSPS) is 16.2. The molecule has 0 saturated carbocycles. The van der Waals surface area contributed by atoms with E-state index in [2.05, 4.69) is 12.2 Å². The molecule has 1 rings (SSSR count). The monoisotopic (exact) mass is 184 g/mol. The van der Waals surface area contributed by atoms with Crippen LogP contribution in [0.5, 0.6) is 0 Å². The molecule has 13 heavy (non-hydrogen) atoms. The topological polar surface area (TPSA) is 32.3 Å². The summed E-state index contributed by atoms with van der Waals surface area (Å²) in [6, 6.07) is 0.133. The number of carbonyl (C=O) groups excluding carboxylic acids is 1. The maximum absolute atomic E-state index is 11.4. The number of urea groups is 1. The van der Waals surface area contributed by atoms with Crippen molar-refractivity contribution >= 4 is 6.03 Å². The second kappa shape index (κ2) is 5.84. The van der Waals surface area contributed by atoms with Crippen molar-refractivity contribution in [2.45, 2.75) is 39.0 Å². The summed E-state index contributed by atoms with van der Waals surface area (Å²) >= 11 is 0. The van der Waals surface area contributed by atoms with Crippen LogP contribution in [0.4, 0.5) is 4.79 Å². The average molecular weight is 184 g/mol. The fourth-order valence-corrected chi connectivity index (χ4v) is 1.60. The van der Waals surface area contributed by atoms with Crippen molar-refractivity contribution in [2.75, 3.05) is 19.6 Å². The third kappa shape index (κ3) is 3.66. The van der Waals surface area contributed by atoms with E-state index in [1.165, 1.54) is 25.7 Å². The molecule has 0 aliphatic carbocycles. The number of hydrogen-bond acceptors (Lipinski definition) is 1. The molecule has 0 spiro atoms. The van der Waals surface area contributed by atoms with Gasteiger partial charge in [0.1, 0.15) is 0 Å². The maximum atomic E-state index is 11.4. The molecule has 76 valence electrons. The molecule has 1 saturated heterocycles. The molecule has 1 fully saturated rings. The molecule has 0 bridgehead atoms. The van der Waals surface area contributed by atoms with Crippen molar-refractivity contribution in [3.8, 4) is 0 Å². The lowest BCUT2D eigenvalue weighted by Crippen LogP contribution is -2.38. The SMILES string of the molecule is CCCCCNC(=O)N1CCCC1. The first-order valence-electron chi connectivity index (χ1n) is 5.37. The van der Waals surface area contributed by atoms with Gasteiger partial charge in [0.15, 0.2) is 0 Å². The van der Waals surface area contributed by atoms with Gasteiger partial charge >= 0.3 is 6.03 Å². The van der Waals surface area contributed by atoms with Gasteiger partial charge in [-0.1, -0.05) is 19.8 Å². The number of amides is 2. The lowest BCUT2D eigenvalue weighted by Gasteiger charge is -2.15. The third-order valence-corrected chi connectivity index (χ3v) is 2.45. The third-order valence-electron chi connectivity index (χ3n) is 2.45. The molecule has 0 aromatic rings. The van der Waals surface area contributed by atoms with E-state index >= 15 is 0 Å². The van der Waals surface area contributed by atoms with Crippen LogP contribution >= 0.6 is 0 Å². The fourth-order valence-electron chi connectivity index (χ4n) is 1.60. The van der Waals surface area contributed by atoms with Crippen LogP contribution in [0.15, 0.2) is 0 Å². The average Bonchev–Trinajstić information content (AvgIpc) is 2.65. The highest BCUT2D eigenvalue weighted by molar-refractivity contribution is 5.74. The van der Waals surface area contributed by atoms with Gasteiger partial charge in [0, 0.05) is 19.6 Å². The van der Waals surface area contributed by atoms with Crippen LogP contribution in [-0.2, 0) is 0 Å². The van der Waals surface area contributed by atoms with Crippen LogP contribution in [0.2, 0.25) is 0 Å². The van der Waals surface area contributed by atoms with Crippen LogP contribution in [-0.4, -0.2) is 30.6 Å². The minimum Gasteiger partial charge on any atom is -0.338 e. The largest absolute Gasteiger partial charge is 0.338 e. The van der Waals surface area contributed by atoms with Crippen molar-refractivity contribution in [1.82, 2.24) is 10.2 Å². The Bertz CT molecular complexity index is 153. The highest BCUT2D eigenvalue weighted by Gasteiger charge is 2.16. The molecule has 0 aromatic heterocycles. The van der Waals surface area contributed by atoms with Crippen molar-refractivity contribution in [2.24, 2.45) is 0 Å². The predicted octanol–water partition coefficient (Wildman–Crippen LogP) is 1.98. The van der Waals surface area contributed by atoms with E-state index in [4.69, 9.17) is 0 Å². The zero-order valence-corrected chi connectivity index (χ0v) is 8.51. The van der Waals surface area contributed by atoms with E-state index in [1.807, 2.05) is 4.90 Å². The van der Waals surface area contributed by atoms with Crippen molar-refractivity contribution in [1.29, 1.82) is 0 Å². The molecule has 0 unspecified atom stereocenters. The first kappa shape index (κ1) is 10.4. The van der Waals surface area contributed by atoms with Gasteiger partial charge in [-0.15, -0.1) is 0 Å². The Balaban J connectivity index is 2.03. The molecule has 1 aliphatic rings. The second-order valence-electron chi connectivity index (χ2n) is 3.63. The zero-order chi connectivity index (χ0) is 9.52. The van der Waals surface area contributed by atoms with E-state index < -0.39 is 0 Å². The summed E-state index contributed by atoms with van der Waals surface area (Å²) in [6.07, 6.45) is 5.86. The van der Waals surface area contributed by atoms with Crippen molar-refractivity contribution in [3.63, 3.8) is 0 Å². The minimum absolute atomic E-state index is 0.133. The Kier molecular flexibility index (Phi) is 4.65. The number of unbranched alkanes of at least 4 members (excludes halogenated alkanes) is 2. The Morgan fingerprint density at radius 2 is 2.00 bits per heavy atom. The summed E-state index contributed by atoms with van der Waals surface area (Å²) in [6.45, 7) is 4.89. The highest BCUT2D eigenvalue weighted by atomic mass is 16.2. The smallest absolute Gasteiger partial charge is 0.317 e. The first-order valence-corrected chi connectivity index (χ1v) is 5.37. The molecule has 0 atom stereocenters. The molecule has 0 aromatic carbocycles. The number of likely N-dealkylation sites (tertiary alicyclic amines) is 1. The Morgan fingerprint density at radius 3 is 2.62 bits per heavy atom. The van der Waals surface area contributed by atoms with Gasteiger partial charge in [0.25, 0.3) is 0 Å². The summed E-state index contributed by atoms with van der Waals surface area (Å²) in [5.41, 5.74) is 0. The van der Waals surface area contributed by atoms with Crippen LogP contribution in [0.25, 0.3) is 0 Å². The van der Waals surface area contributed by atoms with Gasteiger partial charge in [-0.3, -0.25) is 0 Å². The number of nitrogens with one attached hydrogen (secondary N) is 1. The van der Waals surface area contributed by atoms with E-state index in [9.17, 15) is 4.79 Å². The lowest BCUT2D eigenvalue weighted by molar-refractivity contribution is 0.208. The zero-order valence-electron chi connectivity index (χ0n) is 8.51. The molecule has 3 heteroatoms. The standard InChI is InChI=1S/C10H20N2O/c1-2-3-4-7-11-10(13)12-8-5-6-9-12/h2-9H2,1H3,(H,11,13). The van der Waals surface area contributed by atoms with Crippen molar-refractivity contribution < 1.29 is 4.79 Å². The Morgan fingerprint density at radius 1 is 1.31 bits per heavy atom. The molecule has 1 heterocycles. The van der Waals surface area contributed by atoms with E-state index in [1.54, 1.807) is 0 Å². The minimum atomic E-state index is 0.133. The number of rotatable bonds is 4. The van der Waals surface area contributed by atoms with E-state index in [0.29, 0.717) is 0 Å². The van der Waals surface area contributed by atoms with E-state index in [-0.39, 0.29) is 6.03 Å². The van der Waals surface area contributed by atoms with Crippen LogP contribution in [0.1, 0.15) is 39.0 Å². The maximum Gasteiger partial charge on any atom is 0.317 e. The first-order chi connectivity index (χ1) is 6.34. The highest BCUT2D eigenvalue weighted by Crippen LogP contribution is 2.06. The summed E-state index contributed by atoms with van der Waals surface area (Å²) < 4.78 is 0. The summed E-state index contributed by atoms with van der Waals surface area (Å²) in [7, 11) is 0. The predicted molar refractivity (Wildman–Crippen MR) is 53.7 cm³/mol. The van der Waals surface area contributed by atoms with Gasteiger partial charge in [0.05, 0.1) is 0 Å². The molecule has 0 radical (unpaired) electrons. The summed E-state index contributed by atoms with van der Waals surface area (Å²) in [5, 5.41) is 2.95.